The Bertz CT molecular complexity index is 1950. The molecule has 0 saturated heterocycles. The van der Waals surface area contributed by atoms with Gasteiger partial charge in [0.2, 0.25) is 16.2 Å². The molecule has 0 aliphatic carbocycles. The van der Waals surface area contributed by atoms with Crippen molar-refractivity contribution in [1.29, 1.82) is 0 Å². The summed E-state index contributed by atoms with van der Waals surface area (Å²) in [6.07, 6.45) is -0.0823. The fourth-order valence-electron chi connectivity index (χ4n) is 3.86. The second-order valence-corrected chi connectivity index (χ2v) is 15.1. The average Bonchev–Trinajstić information content (AvgIpc) is 3.64. The SMILES string of the molecule is CCN(CC)C(=O)Cc1nsc(NS(=O)(=O)c2cccc(Cl)c2C)n1.COC(=O)Cc1nsc(NS(=O)(=O)c2cccc(Cl)c2C)n1. The second kappa shape index (κ2) is 16.6. The summed E-state index contributed by atoms with van der Waals surface area (Å²) in [5, 5.41) is 0.900. The number of hydrogen-bond acceptors (Lipinski definition) is 13. The van der Waals surface area contributed by atoms with Crippen LogP contribution in [0, 0.1) is 13.8 Å². The van der Waals surface area contributed by atoms with Crippen LogP contribution in [0.25, 0.3) is 0 Å². The van der Waals surface area contributed by atoms with Crippen LogP contribution in [0.2, 0.25) is 10.0 Å². The number of benzene rings is 2. The Morgan fingerprint density at radius 1 is 0.787 bits per heavy atom. The molecule has 1 amide bonds. The average molecular weight is 765 g/mol. The highest BCUT2D eigenvalue weighted by Gasteiger charge is 2.22. The molecule has 254 valence electrons. The van der Waals surface area contributed by atoms with Gasteiger partial charge in [-0.05, 0) is 63.1 Å². The normalized spacial score (nSPS) is 11.3. The molecule has 2 heterocycles. The van der Waals surface area contributed by atoms with Gasteiger partial charge in [-0.15, -0.1) is 0 Å². The van der Waals surface area contributed by atoms with E-state index in [9.17, 15) is 26.4 Å². The standard InChI is InChI=1S/C15H19ClN4O3S2.C12H12ClN3O4S2/c1-4-20(5-2)14(21)9-13-17-15(24-18-13)19-25(22,23)12-8-6-7-11(16)10(12)3;1-7-8(13)4-3-5-9(7)22(18,19)16-12-14-10(15-21-12)6-11(17)20-2/h6-8H,4-5,9H2,1-3H3,(H,17,18,19);3-5H,6H2,1-2H3,(H,14,15,16). The number of halogens is 2. The van der Waals surface area contributed by atoms with Gasteiger partial charge in [-0.1, -0.05) is 35.3 Å². The summed E-state index contributed by atoms with van der Waals surface area (Å²) < 4.78 is 66.8. The number of likely N-dealkylation sites (N-methyl/N-ethyl adjacent to an activating group) is 1. The third-order valence-corrected chi connectivity index (χ3v) is 11.7. The first-order valence-electron chi connectivity index (χ1n) is 13.7. The molecule has 20 heteroatoms. The van der Waals surface area contributed by atoms with E-state index in [0.717, 1.165) is 23.1 Å². The molecule has 14 nitrogen and oxygen atoms in total. The number of amides is 1. The minimum Gasteiger partial charge on any atom is -0.469 e. The highest BCUT2D eigenvalue weighted by atomic mass is 35.5. The highest BCUT2D eigenvalue weighted by molar-refractivity contribution is 7.93. The number of esters is 1. The number of aromatic nitrogens is 4. The van der Waals surface area contributed by atoms with Gasteiger partial charge >= 0.3 is 5.97 Å². The smallest absolute Gasteiger partial charge is 0.313 e. The zero-order chi connectivity index (χ0) is 34.9. The molecule has 0 atom stereocenters. The molecule has 47 heavy (non-hydrogen) atoms. The lowest BCUT2D eigenvalue weighted by Gasteiger charge is -2.17. The van der Waals surface area contributed by atoms with E-state index < -0.39 is 26.0 Å². The molecule has 0 fully saturated rings. The van der Waals surface area contributed by atoms with Crippen molar-refractivity contribution < 1.29 is 31.2 Å². The van der Waals surface area contributed by atoms with Crippen molar-refractivity contribution in [1.82, 2.24) is 23.6 Å². The van der Waals surface area contributed by atoms with Crippen LogP contribution in [0.15, 0.2) is 46.2 Å². The summed E-state index contributed by atoms with van der Waals surface area (Å²) in [5.41, 5.74) is 0.897. The van der Waals surface area contributed by atoms with Gasteiger partial charge in [0, 0.05) is 46.2 Å². The molecule has 2 aromatic carbocycles. The summed E-state index contributed by atoms with van der Waals surface area (Å²) in [4.78, 5) is 33.0. The van der Waals surface area contributed by atoms with E-state index in [1.54, 1.807) is 43.0 Å². The Hall–Kier alpha value is -3.42. The summed E-state index contributed by atoms with van der Waals surface area (Å²) in [6, 6.07) is 9.26. The predicted octanol–water partition coefficient (Wildman–Crippen LogP) is 4.73. The van der Waals surface area contributed by atoms with Crippen molar-refractivity contribution in [3.63, 3.8) is 0 Å². The Morgan fingerprint density at radius 3 is 1.62 bits per heavy atom. The van der Waals surface area contributed by atoms with Crippen LogP contribution in [-0.4, -0.2) is 72.5 Å². The number of nitrogens with zero attached hydrogens (tertiary/aromatic N) is 5. The monoisotopic (exact) mass is 763 g/mol. The number of methoxy groups -OCH3 is 1. The summed E-state index contributed by atoms with van der Waals surface area (Å²) in [7, 11) is -6.41. The molecule has 0 saturated carbocycles. The van der Waals surface area contributed by atoms with Crippen molar-refractivity contribution in [2.75, 3.05) is 29.6 Å². The second-order valence-electron chi connectivity index (χ2n) is 9.46. The van der Waals surface area contributed by atoms with E-state index in [-0.39, 0.29) is 44.6 Å². The molecule has 0 aliphatic rings. The molecule has 2 N–H and O–H groups in total. The molecule has 4 aromatic rings. The van der Waals surface area contributed by atoms with Gasteiger partial charge in [-0.25, -0.2) is 26.8 Å². The molecule has 0 radical (unpaired) electrons. The van der Waals surface area contributed by atoms with Crippen LogP contribution >= 0.6 is 46.3 Å². The quantitative estimate of drug-likeness (QED) is 0.190. The zero-order valence-electron chi connectivity index (χ0n) is 25.8. The van der Waals surface area contributed by atoms with E-state index in [1.807, 2.05) is 13.8 Å². The first kappa shape index (κ1) is 38.0. The Labute approximate surface area is 290 Å². The summed E-state index contributed by atoms with van der Waals surface area (Å²) >= 11 is 13.6. The van der Waals surface area contributed by atoms with Crippen molar-refractivity contribution in [3.05, 3.63) is 69.2 Å². The maximum absolute atomic E-state index is 12.5. The van der Waals surface area contributed by atoms with Crippen molar-refractivity contribution >= 4 is 88.5 Å². The first-order chi connectivity index (χ1) is 22.1. The van der Waals surface area contributed by atoms with E-state index in [2.05, 4.69) is 32.9 Å². The van der Waals surface area contributed by atoms with Crippen LogP contribution in [0.3, 0.4) is 0 Å². The Kier molecular flexibility index (Phi) is 13.4. The number of sulfonamides is 2. The number of hydrogen-bond donors (Lipinski definition) is 2. The topological polar surface area (TPSA) is 191 Å². The molecule has 0 unspecified atom stereocenters. The van der Waals surface area contributed by atoms with Crippen LogP contribution < -0.4 is 9.44 Å². The minimum atomic E-state index is -3.83. The van der Waals surface area contributed by atoms with Gasteiger partial charge in [0.25, 0.3) is 20.0 Å². The van der Waals surface area contributed by atoms with E-state index >= 15 is 0 Å². The third-order valence-electron chi connectivity index (χ3n) is 6.35. The first-order valence-corrected chi connectivity index (χ1v) is 18.9. The van der Waals surface area contributed by atoms with Crippen LogP contribution in [0.5, 0.6) is 0 Å². The number of anilines is 2. The maximum Gasteiger partial charge on any atom is 0.313 e. The number of nitrogens with one attached hydrogen (secondary N) is 2. The van der Waals surface area contributed by atoms with Crippen molar-refractivity contribution in [2.45, 2.75) is 50.3 Å². The number of carbonyl (C=O) groups excluding carboxylic acids is 2. The Balaban J connectivity index is 0.000000257. The van der Waals surface area contributed by atoms with Crippen molar-refractivity contribution in [2.24, 2.45) is 0 Å². The van der Waals surface area contributed by atoms with E-state index in [4.69, 9.17) is 23.2 Å². The molecule has 0 spiro atoms. The van der Waals surface area contributed by atoms with E-state index in [1.165, 1.54) is 19.2 Å². The van der Waals surface area contributed by atoms with Crippen LogP contribution in [0.1, 0.15) is 36.6 Å². The van der Waals surface area contributed by atoms with Gasteiger partial charge < -0.3 is 9.64 Å². The third kappa shape index (κ3) is 10.3. The predicted molar refractivity (Wildman–Crippen MR) is 181 cm³/mol. The molecular formula is C27H31Cl2N7O7S4. The fraction of sp³-hybridized carbons (Fsp3) is 0.333. The largest absolute Gasteiger partial charge is 0.469 e. The molecule has 2 aromatic heterocycles. The van der Waals surface area contributed by atoms with Gasteiger partial charge in [-0.2, -0.15) is 8.75 Å². The molecular weight excluding hydrogens is 734 g/mol. The number of carbonyl (C=O) groups is 2. The lowest BCUT2D eigenvalue weighted by molar-refractivity contribution is -0.140. The molecule has 0 aliphatic heterocycles. The lowest BCUT2D eigenvalue weighted by atomic mass is 10.2. The van der Waals surface area contributed by atoms with Gasteiger partial charge in [0.15, 0.2) is 11.6 Å². The Morgan fingerprint density at radius 2 is 1.21 bits per heavy atom. The lowest BCUT2D eigenvalue weighted by Crippen LogP contribution is -2.32. The van der Waals surface area contributed by atoms with Gasteiger partial charge in [-0.3, -0.25) is 19.0 Å². The summed E-state index contributed by atoms with van der Waals surface area (Å²) in [6.45, 7) is 8.23. The van der Waals surface area contributed by atoms with Gasteiger partial charge in [0.05, 0.1) is 23.3 Å². The minimum absolute atomic E-state index is 0.0378. The molecule has 4 rings (SSSR count). The fourth-order valence-corrected chi connectivity index (χ4v) is 8.47. The highest BCUT2D eigenvalue weighted by Crippen LogP contribution is 2.26. The van der Waals surface area contributed by atoms with Crippen LogP contribution in [-0.2, 0) is 47.2 Å². The number of rotatable bonds is 12. The number of ether oxygens (including phenoxy) is 1. The molecule has 0 bridgehead atoms. The summed E-state index contributed by atoms with van der Waals surface area (Å²) in [5.74, 6) is -0.111. The maximum atomic E-state index is 12.5. The van der Waals surface area contributed by atoms with E-state index in [0.29, 0.717) is 40.1 Å². The van der Waals surface area contributed by atoms with Gasteiger partial charge in [0.1, 0.15) is 6.42 Å². The van der Waals surface area contributed by atoms with Crippen LogP contribution in [0.4, 0.5) is 10.3 Å². The zero-order valence-corrected chi connectivity index (χ0v) is 30.6. The van der Waals surface area contributed by atoms with Crippen molar-refractivity contribution in [3.8, 4) is 0 Å².